The highest BCUT2D eigenvalue weighted by Gasteiger charge is 2.14. The molecule has 0 aliphatic rings. The normalized spacial score (nSPS) is 10.7. The third-order valence-electron chi connectivity index (χ3n) is 5.57. The number of rotatable bonds is 5. The van der Waals surface area contributed by atoms with Crippen LogP contribution in [0.2, 0.25) is 0 Å². The van der Waals surface area contributed by atoms with Crippen LogP contribution in [0.1, 0.15) is 17.3 Å². The quantitative estimate of drug-likeness (QED) is 0.283. The number of fused-ring (bicyclic) bond motifs is 1. The fraction of sp³-hybridized carbons (Fsp3) is 0.0345. The molecule has 0 unspecified atom stereocenters. The van der Waals surface area contributed by atoms with E-state index in [1.807, 2.05) is 72.8 Å². The number of carbonyl (C=O) groups is 2. The largest absolute Gasteiger partial charge is 0.323 e. The number of aromatic nitrogens is 2. The maximum Gasteiger partial charge on any atom is 0.323 e. The SMILES string of the molecule is CC(=O)c1ccc(NC(=O)Nc2ccc3nc(-c4ccccc4)c(-c4ccccc4)nc3c2)cc1. The zero-order valence-electron chi connectivity index (χ0n) is 19.0. The van der Waals surface area contributed by atoms with Crippen LogP contribution in [0.3, 0.4) is 0 Å². The van der Waals surface area contributed by atoms with Crippen LogP contribution in [0, 0.1) is 0 Å². The van der Waals surface area contributed by atoms with Gasteiger partial charge in [-0.15, -0.1) is 0 Å². The zero-order valence-corrected chi connectivity index (χ0v) is 19.0. The Morgan fingerprint density at radius 2 is 1.11 bits per heavy atom. The first-order valence-electron chi connectivity index (χ1n) is 11.2. The highest BCUT2D eigenvalue weighted by atomic mass is 16.2. The van der Waals surface area contributed by atoms with Gasteiger partial charge in [-0.25, -0.2) is 14.8 Å². The van der Waals surface area contributed by atoms with Gasteiger partial charge in [0, 0.05) is 28.1 Å². The van der Waals surface area contributed by atoms with Crippen molar-refractivity contribution in [2.45, 2.75) is 6.92 Å². The van der Waals surface area contributed by atoms with Gasteiger partial charge in [0.25, 0.3) is 0 Å². The average molecular weight is 459 g/mol. The summed E-state index contributed by atoms with van der Waals surface area (Å²) in [5, 5.41) is 5.62. The molecular formula is C29H22N4O2. The third kappa shape index (κ3) is 4.91. The van der Waals surface area contributed by atoms with Crippen molar-refractivity contribution >= 4 is 34.2 Å². The van der Waals surface area contributed by atoms with Crippen LogP contribution in [0.4, 0.5) is 16.2 Å². The summed E-state index contributed by atoms with van der Waals surface area (Å²) < 4.78 is 0. The zero-order chi connectivity index (χ0) is 24.2. The summed E-state index contributed by atoms with van der Waals surface area (Å²) in [5.74, 6) is -0.0245. The van der Waals surface area contributed by atoms with Crippen molar-refractivity contribution in [3.05, 3.63) is 109 Å². The topological polar surface area (TPSA) is 84.0 Å². The van der Waals surface area contributed by atoms with Gasteiger partial charge in [-0.3, -0.25) is 4.79 Å². The highest BCUT2D eigenvalue weighted by Crippen LogP contribution is 2.31. The molecule has 6 nitrogen and oxygen atoms in total. The molecule has 0 atom stereocenters. The van der Waals surface area contributed by atoms with Gasteiger partial charge in [-0.1, -0.05) is 60.7 Å². The van der Waals surface area contributed by atoms with E-state index >= 15 is 0 Å². The van der Waals surface area contributed by atoms with Gasteiger partial charge >= 0.3 is 6.03 Å². The van der Waals surface area contributed by atoms with Crippen molar-refractivity contribution in [3.63, 3.8) is 0 Å². The van der Waals surface area contributed by atoms with Crippen LogP contribution in [0.25, 0.3) is 33.5 Å². The summed E-state index contributed by atoms with van der Waals surface area (Å²) in [7, 11) is 0. The smallest absolute Gasteiger partial charge is 0.308 e. The summed E-state index contributed by atoms with van der Waals surface area (Å²) in [4.78, 5) is 33.8. The molecule has 0 fully saturated rings. The number of ketones is 1. The first-order chi connectivity index (χ1) is 17.1. The maximum absolute atomic E-state index is 12.5. The number of anilines is 2. The third-order valence-corrected chi connectivity index (χ3v) is 5.57. The first-order valence-corrected chi connectivity index (χ1v) is 11.2. The molecule has 5 rings (SSSR count). The van der Waals surface area contributed by atoms with E-state index in [1.54, 1.807) is 30.3 Å². The van der Waals surface area contributed by atoms with Crippen molar-refractivity contribution in [1.82, 2.24) is 9.97 Å². The number of hydrogen-bond donors (Lipinski definition) is 2. The molecule has 4 aromatic carbocycles. The Hall–Kier alpha value is -4.84. The van der Waals surface area contributed by atoms with Crippen molar-refractivity contribution < 1.29 is 9.59 Å². The molecule has 35 heavy (non-hydrogen) atoms. The molecule has 0 aliphatic carbocycles. The number of nitrogens with zero attached hydrogens (tertiary/aromatic N) is 2. The lowest BCUT2D eigenvalue weighted by molar-refractivity contribution is 0.101. The number of Topliss-reactive ketones (excluding diaryl/α,β-unsaturated/α-hetero) is 1. The van der Waals surface area contributed by atoms with Gasteiger partial charge < -0.3 is 10.6 Å². The Morgan fingerprint density at radius 3 is 1.69 bits per heavy atom. The lowest BCUT2D eigenvalue weighted by atomic mass is 10.0. The van der Waals surface area contributed by atoms with Crippen molar-refractivity contribution in [2.24, 2.45) is 0 Å². The molecule has 0 spiro atoms. The van der Waals surface area contributed by atoms with E-state index in [0.717, 1.165) is 28.0 Å². The molecule has 1 heterocycles. The molecule has 5 aromatic rings. The lowest BCUT2D eigenvalue weighted by Crippen LogP contribution is -2.19. The van der Waals surface area contributed by atoms with E-state index in [4.69, 9.17) is 9.97 Å². The summed E-state index contributed by atoms with van der Waals surface area (Å²) in [6, 6.07) is 31.7. The molecule has 0 aliphatic heterocycles. The second-order valence-corrected chi connectivity index (χ2v) is 8.07. The van der Waals surface area contributed by atoms with Gasteiger partial charge in [0.2, 0.25) is 0 Å². The summed E-state index contributed by atoms with van der Waals surface area (Å²) in [6.07, 6.45) is 0. The molecule has 170 valence electrons. The van der Waals surface area contributed by atoms with Crippen molar-refractivity contribution in [3.8, 4) is 22.5 Å². The Balaban J connectivity index is 1.45. The van der Waals surface area contributed by atoms with E-state index in [-0.39, 0.29) is 5.78 Å². The summed E-state index contributed by atoms with van der Waals surface area (Å²) in [5.41, 5.74) is 6.70. The van der Waals surface area contributed by atoms with Gasteiger partial charge in [-0.05, 0) is 49.4 Å². The predicted molar refractivity (Wildman–Crippen MR) is 139 cm³/mol. The minimum Gasteiger partial charge on any atom is -0.308 e. The Labute approximate surface area is 202 Å². The number of urea groups is 1. The second-order valence-electron chi connectivity index (χ2n) is 8.07. The van der Waals surface area contributed by atoms with Crippen LogP contribution in [-0.4, -0.2) is 21.8 Å². The second kappa shape index (κ2) is 9.57. The van der Waals surface area contributed by atoms with Crippen molar-refractivity contribution in [1.29, 1.82) is 0 Å². The Kier molecular flexibility index (Phi) is 6.01. The molecule has 0 radical (unpaired) electrons. The average Bonchev–Trinajstić information content (AvgIpc) is 2.89. The molecule has 1 aromatic heterocycles. The minimum absolute atomic E-state index is 0.0245. The Morgan fingerprint density at radius 1 is 0.600 bits per heavy atom. The molecule has 6 heteroatoms. The molecule has 2 N–H and O–H groups in total. The van der Waals surface area contributed by atoms with E-state index in [9.17, 15) is 9.59 Å². The van der Waals surface area contributed by atoms with Crippen LogP contribution < -0.4 is 10.6 Å². The van der Waals surface area contributed by atoms with E-state index in [2.05, 4.69) is 10.6 Å². The van der Waals surface area contributed by atoms with Gasteiger partial charge in [-0.2, -0.15) is 0 Å². The standard InChI is InChI=1S/C29H22N4O2/c1-19(34)20-12-14-23(15-13-20)30-29(35)31-24-16-17-25-26(18-24)33-28(22-10-6-3-7-11-22)27(32-25)21-8-4-2-5-9-21/h2-18H,1H3,(H2,30,31,35). The minimum atomic E-state index is -0.392. The first kappa shape index (κ1) is 22.0. The van der Waals surface area contributed by atoms with Gasteiger partial charge in [0.1, 0.15) is 0 Å². The summed E-state index contributed by atoms with van der Waals surface area (Å²) >= 11 is 0. The molecular weight excluding hydrogens is 436 g/mol. The number of benzene rings is 4. The van der Waals surface area contributed by atoms with Gasteiger partial charge in [0.15, 0.2) is 5.78 Å². The predicted octanol–water partition coefficient (Wildman–Crippen LogP) is 6.81. The monoisotopic (exact) mass is 458 g/mol. The lowest BCUT2D eigenvalue weighted by Gasteiger charge is -2.12. The van der Waals surface area contributed by atoms with E-state index in [1.165, 1.54) is 6.92 Å². The van der Waals surface area contributed by atoms with E-state index < -0.39 is 6.03 Å². The van der Waals surface area contributed by atoms with Crippen LogP contribution in [0.15, 0.2) is 103 Å². The Bertz CT molecular complexity index is 1520. The number of amides is 2. The molecule has 2 amide bonds. The number of hydrogen-bond acceptors (Lipinski definition) is 4. The van der Waals surface area contributed by atoms with Gasteiger partial charge in [0.05, 0.1) is 22.4 Å². The van der Waals surface area contributed by atoms with Crippen molar-refractivity contribution in [2.75, 3.05) is 10.6 Å². The molecule has 0 bridgehead atoms. The fourth-order valence-electron chi connectivity index (χ4n) is 3.81. The fourth-order valence-corrected chi connectivity index (χ4v) is 3.81. The highest BCUT2D eigenvalue weighted by molar-refractivity contribution is 6.01. The van der Waals surface area contributed by atoms with E-state index in [0.29, 0.717) is 22.5 Å². The molecule has 0 saturated heterocycles. The maximum atomic E-state index is 12.5. The number of carbonyl (C=O) groups excluding carboxylic acids is 2. The van der Waals surface area contributed by atoms with Crippen LogP contribution in [-0.2, 0) is 0 Å². The molecule has 0 saturated carbocycles. The van der Waals surface area contributed by atoms with Crippen LogP contribution >= 0.6 is 0 Å². The number of nitrogens with one attached hydrogen (secondary N) is 2. The summed E-state index contributed by atoms with van der Waals surface area (Å²) in [6.45, 7) is 1.50. The van der Waals surface area contributed by atoms with Crippen LogP contribution in [0.5, 0.6) is 0 Å².